The fourth-order valence-corrected chi connectivity index (χ4v) is 3.12. The van der Waals surface area contributed by atoms with E-state index in [1.807, 2.05) is 0 Å². The summed E-state index contributed by atoms with van der Waals surface area (Å²) in [5.74, 6) is -1.05. The molecular formula is C13H8F2NO2S2. The topological polar surface area (TPSA) is 37.4 Å². The van der Waals surface area contributed by atoms with Gasteiger partial charge in [-0.1, -0.05) is 12.2 Å². The Labute approximate surface area is 120 Å². The predicted molar refractivity (Wildman–Crippen MR) is 75.1 cm³/mol. The maximum Gasteiger partial charge on any atom is 0.269 e. The van der Waals surface area contributed by atoms with E-state index in [4.69, 9.17) is 0 Å². The van der Waals surface area contributed by atoms with E-state index in [0.29, 0.717) is 4.31 Å². The van der Waals surface area contributed by atoms with E-state index in [0.717, 1.165) is 36.4 Å². The van der Waals surface area contributed by atoms with E-state index in [9.17, 15) is 17.2 Å². The fourth-order valence-electron chi connectivity index (χ4n) is 1.53. The molecule has 0 heterocycles. The number of sulfonamides is 1. The van der Waals surface area contributed by atoms with Crippen molar-refractivity contribution in [3.05, 3.63) is 60.2 Å². The highest BCUT2D eigenvalue weighted by atomic mass is 32.2. The monoisotopic (exact) mass is 312 g/mol. The van der Waals surface area contributed by atoms with Gasteiger partial charge < -0.3 is 0 Å². The zero-order valence-electron chi connectivity index (χ0n) is 9.95. The normalized spacial score (nSPS) is 11.1. The SMILES string of the molecule is O=S(=O)(c1ccc(F)cc1)N([C]=S)c1ccc(F)cc1. The highest BCUT2D eigenvalue weighted by Gasteiger charge is 2.23. The van der Waals surface area contributed by atoms with Crippen molar-refractivity contribution in [3.63, 3.8) is 0 Å². The van der Waals surface area contributed by atoms with E-state index in [1.54, 1.807) is 0 Å². The van der Waals surface area contributed by atoms with E-state index >= 15 is 0 Å². The van der Waals surface area contributed by atoms with Crippen LogP contribution in [0.15, 0.2) is 53.4 Å². The average molecular weight is 312 g/mol. The first-order valence-electron chi connectivity index (χ1n) is 5.39. The Morgan fingerprint density at radius 2 is 1.35 bits per heavy atom. The lowest BCUT2D eigenvalue weighted by Crippen LogP contribution is -2.28. The number of hydrogen-bond acceptors (Lipinski definition) is 3. The largest absolute Gasteiger partial charge is 0.269 e. The van der Waals surface area contributed by atoms with E-state index in [2.05, 4.69) is 17.7 Å². The van der Waals surface area contributed by atoms with Crippen LogP contribution in [0.4, 0.5) is 14.5 Å². The van der Waals surface area contributed by atoms with Crippen LogP contribution in [0.5, 0.6) is 0 Å². The summed E-state index contributed by atoms with van der Waals surface area (Å²) in [4.78, 5) is -0.138. The van der Waals surface area contributed by atoms with Crippen LogP contribution in [0, 0.1) is 11.6 Å². The van der Waals surface area contributed by atoms with Gasteiger partial charge in [-0.2, -0.15) is 0 Å². The molecule has 0 aliphatic heterocycles. The van der Waals surface area contributed by atoms with Crippen molar-refractivity contribution in [1.29, 1.82) is 0 Å². The van der Waals surface area contributed by atoms with Crippen molar-refractivity contribution < 1.29 is 17.2 Å². The number of thiocarbonyl (C=S) groups is 1. The zero-order valence-corrected chi connectivity index (χ0v) is 11.6. The minimum absolute atomic E-state index is 0.138. The third-order valence-electron chi connectivity index (χ3n) is 2.50. The molecule has 2 aromatic carbocycles. The Morgan fingerprint density at radius 1 is 0.900 bits per heavy atom. The summed E-state index contributed by atoms with van der Waals surface area (Å²) in [5.41, 5.74) is 2.25. The highest BCUT2D eigenvalue weighted by molar-refractivity contribution is 7.95. The zero-order chi connectivity index (χ0) is 14.8. The van der Waals surface area contributed by atoms with Crippen molar-refractivity contribution in [2.75, 3.05) is 4.31 Å². The summed E-state index contributed by atoms with van der Waals surface area (Å²) in [6, 6.07) is 9.02. The molecule has 0 bridgehead atoms. The van der Waals surface area contributed by atoms with Crippen LogP contribution in [0.3, 0.4) is 0 Å². The van der Waals surface area contributed by atoms with Gasteiger partial charge in [0.25, 0.3) is 10.0 Å². The molecule has 0 spiro atoms. The van der Waals surface area contributed by atoms with Crippen LogP contribution in [-0.4, -0.2) is 13.9 Å². The number of halogens is 2. The van der Waals surface area contributed by atoms with Gasteiger partial charge in [-0.05, 0) is 48.5 Å². The molecule has 0 saturated carbocycles. The van der Waals surface area contributed by atoms with Crippen LogP contribution < -0.4 is 4.31 Å². The van der Waals surface area contributed by atoms with Gasteiger partial charge in [0.05, 0.1) is 10.6 Å². The molecule has 3 nitrogen and oxygen atoms in total. The Bertz CT molecular complexity index is 713. The van der Waals surface area contributed by atoms with Gasteiger partial charge in [0, 0.05) is 0 Å². The molecule has 2 aromatic rings. The summed E-state index contributed by atoms with van der Waals surface area (Å²) in [7, 11) is -4.00. The fraction of sp³-hybridized carbons (Fsp3) is 0. The summed E-state index contributed by atoms with van der Waals surface area (Å²) in [5, 5.41) is 0. The van der Waals surface area contributed by atoms with Crippen LogP contribution in [0.25, 0.3) is 0 Å². The molecular weight excluding hydrogens is 304 g/mol. The number of nitrogens with zero attached hydrogens (tertiary/aromatic N) is 1. The molecule has 0 aliphatic carbocycles. The molecule has 0 unspecified atom stereocenters. The van der Waals surface area contributed by atoms with Crippen molar-refractivity contribution in [3.8, 4) is 0 Å². The standard InChI is InChI=1S/C13H8F2NO2S2/c14-10-1-5-12(6-2-10)16(9-19)20(17,18)13-7-3-11(15)4-8-13/h1-8H. The summed E-state index contributed by atoms with van der Waals surface area (Å²) in [6.45, 7) is 0. The molecule has 0 amide bonds. The second kappa shape index (κ2) is 5.64. The van der Waals surface area contributed by atoms with Crippen molar-refractivity contribution in [2.45, 2.75) is 4.90 Å². The molecule has 0 N–H and O–H groups in total. The third kappa shape index (κ3) is 2.83. The van der Waals surface area contributed by atoms with Gasteiger partial charge in [0.15, 0.2) is 5.49 Å². The minimum atomic E-state index is -4.00. The number of anilines is 1. The van der Waals surface area contributed by atoms with Gasteiger partial charge in [0.1, 0.15) is 11.6 Å². The molecule has 0 fully saturated rings. The summed E-state index contributed by atoms with van der Waals surface area (Å²) >= 11 is 4.59. The Kier molecular flexibility index (Phi) is 4.10. The Hall–Kier alpha value is -1.86. The quantitative estimate of drug-likeness (QED) is 0.643. The van der Waals surface area contributed by atoms with E-state index < -0.39 is 21.7 Å². The van der Waals surface area contributed by atoms with Crippen molar-refractivity contribution >= 4 is 33.4 Å². The first-order valence-corrected chi connectivity index (χ1v) is 7.24. The summed E-state index contributed by atoms with van der Waals surface area (Å²) < 4.78 is 51.1. The van der Waals surface area contributed by atoms with E-state index in [1.165, 1.54) is 12.1 Å². The lowest BCUT2D eigenvalue weighted by Gasteiger charge is -2.18. The van der Waals surface area contributed by atoms with Crippen molar-refractivity contribution in [1.82, 2.24) is 0 Å². The molecule has 103 valence electrons. The average Bonchev–Trinajstić information content (AvgIpc) is 2.42. The molecule has 0 aromatic heterocycles. The van der Waals surface area contributed by atoms with Gasteiger partial charge in [-0.15, -0.1) is 0 Å². The first kappa shape index (κ1) is 14.5. The Morgan fingerprint density at radius 3 is 1.80 bits per heavy atom. The summed E-state index contributed by atoms with van der Waals surface area (Å²) in [6.07, 6.45) is 0. The maximum atomic E-state index is 12.9. The first-order chi connectivity index (χ1) is 9.45. The van der Waals surface area contributed by atoms with Gasteiger partial charge in [-0.25, -0.2) is 21.5 Å². The number of hydrogen-bond donors (Lipinski definition) is 0. The predicted octanol–water partition coefficient (Wildman–Crippen LogP) is 2.99. The van der Waals surface area contributed by atoms with Gasteiger partial charge >= 0.3 is 0 Å². The highest BCUT2D eigenvalue weighted by Crippen LogP contribution is 2.22. The van der Waals surface area contributed by atoms with Gasteiger partial charge in [0.2, 0.25) is 0 Å². The van der Waals surface area contributed by atoms with Crippen molar-refractivity contribution in [2.24, 2.45) is 0 Å². The molecule has 1 radical (unpaired) electrons. The minimum Gasteiger partial charge on any atom is -0.221 e. The molecule has 0 saturated heterocycles. The molecule has 0 aliphatic rings. The van der Waals surface area contributed by atoms with Crippen LogP contribution in [0.2, 0.25) is 0 Å². The number of benzene rings is 2. The second-order valence-corrected chi connectivity index (χ2v) is 5.76. The molecule has 20 heavy (non-hydrogen) atoms. The molecule has 0 atom stereocenters. The van der Waals surface area contributed by atoms with Crippen LogP contribution in [0.1, 0.15) is 0 Å². The maximum absolute atomic E-state index is 12.9. The smallest absolute Gasteiger partial charge is 0.221 e. The van der Waals surface area contributed by atoms with Gasteiger partial charge in [-0.3, -0.25) is 0 Å². The molecule has 2 rings (SSSR count). The molecule has 7 heteroatoms. The van der Waals surface area contributed by atoms with E-state index in [-0.39, 0.29) is 10.6 Å². The second-order valence-electron chi connectivity index (χ2n) is 3.79. The third-order valence-corrected chi connectivity index (χ3v) is 4.44. The number of rotatable bonds is 4. The lowest BCUT2D eigenvalue weighted by atomic mass is 10.3. The van der Waals surface area contributed by atoms with Crippen LogP contribution in [-0.2, 0) is 10.0 Å². The van der Waals surface area contributed by atoms with Crippen LogP contribution >= 0.6 is 12.2 Å². The Balaban J connectivity index is 2.47. The lowest BCUT2D eigenvalue weighted by molar-refractivity contribution is 0.596.